The van der Waals surface area contributed by atoms with Crippen molar-refractivity contribution in [2.75, 3.05) is 25.5 Å². The summed E-state index contributed by atoms with van der Waals surface area (Å²) < 4.78 is 37.9. The molecule has 1 amide bonds. The van der Waals surface area contributed by atoms with Crippen LogP contribution in [-0.2, 0) is 6.18 Å². The van der Waals surface area contributed by atoms with Crippen LogP contribution in [0.3, 0.4) is 0 Å². The molecule has 28 heavy (non-hydrogen) atoms. The topological polar surface area (TPSA) is 53.2 Å². The zero-order chi connectivity index (χ0) is 20.1. The molecular weight excluding hydrogens is 387 g/mol. The van der Waals surface area contributed by atoms with Crippen LogP contribution in [-0.4, -0.2) is 32.1 Å². The van der Waals surface area contributed by atoms with Crippen LogP contribution in [0.1, 0.15) is 38.5 Å². The highest BCUT2D eigenvalue weighted by atomic mass is 32.1. The van der Waals surface area contributed by atoms with Gasteiger partial charge in [-0.1, -0.05) is 11.8 Å². The Morgan fingerprint density at radius 3 is 2.61 bits per heavy atom. The Bertz CT molecular complexity index is 888. The van der Waals surface area contributed by atoms with Gasteiger partial charge in [-0.25, -0.2) is 0 Å². The first-order chi connectivity index (χ1) is 13.4. The number of amides is 1. The standard InChI is InChI=1S/C20H20F3N3OS/c1-24-17-11-16(9-6-13-4-7-14(8-5-13)20(21,22)23)28-18(17)19(27)26-15-3-2-10-25-12-15/h4-5,7-8,11,15,24-25H,2-3,10,12H2,1H3,(H,26,27). The highest BCUT2D eigenvalue weighted by Crippen LogP contribution is 2.29. The Hall–Kier alpha value is -2.50. The summed E-state index contributed by atoms with van der Waals surface area (Å²) in [5, 5.41) is 9.29. The molecule has 1 unspecified atom stereocenters. The van der Waals surface area contributed by atoms with E-state index in [4.69, 9.17) is 0 Å². The van der Waals surface area contributed by atoms with Gasteiger partial charge in [-0.2, -0.15) is 13.2 Å². The van der Waals surface area contributed by atoms with Gasteiger partial charge < -0.3 is 16.0 Å². The molecule has 1 fully saturated rings. The second-order valence-corrected chi connectivity index (χ2v) is 7.50. The van der Waals surface area contributed by atoms with E-state index < -0.39 is 11.7 Å². The number of thiophene rings is 1. The Balaban J connectivity index is 1.73. The molecule has 2 heterocycles. The normalized spacial score (nSPS) is 16.8. The van der Waals surface area contributed by atoms with E-state index in [9.17, 15) is 18.0 Å². The fraction of sp³-hybridized carbons (Fsp3) is 0.350. The van der Waals surface area contributed by atoms with Crippen LogP contribution < -0.4 is 16.0 Å². The van der Waals surface area contributed by atoms with Crippen molar-refractivity contribution < 1.29 is 18.0 Å². The van der Waals surface area contributed by atoms with Gasteiger partial charge >= 0.3 is 6.18 Å². The minimum atomic E-state index is -4.36. The zero-order valence-electron chi connectivity index (χ0n) is 15.2. The van der Waals surface area contributed by atoms with Crippen molar-refractivity contribution in [2.45, 2.75) is 25.1 Å². The van der Waals surface area contributed by atoms with Crippen LogP contribution in [0.15, 0.2) is 30.3 Å². The minimum Gasteiger partial charge on any atom is -0.387 e. The van der Waals surface area contributed by atoms with Gasteiger partial charge in [0.25, 0.3) is 5.91 Å². The number of halogens is 3. The van der Waals surface area contributed by atoms with Crippen molar-refractivity contribution in [3.05, 3.63) is 51.2 Å². The van der Waals surface area contributed by atoms with Gasteiger partial charge in [0, 0.05) is 25.2 Å². The van der Waals surface area contributed by atoms with E-state index in [-0.39, 0.29) is 11.9 Å². The lowest BCUT2D eigenvalue weighted by Crippen LogP contribution is -2.45. The number of alkyl halides is 3. The van der Waals surface area contributed by atoms with Crippen molar-refractivity contribution in [1.29, 1.82) is 0 Å². The highest BCUT2D eigenvalue weighted by Gasteiger charge is 2.29. The van der Waals surface area contributed by atoms with Crippen molar-refractivity contribution in [3.8, 4) is 11.8 Å². The minimum absolute atomic E-state index is 0.106. The van der Waals surface area contributed by atoms with Gasteiger partial charge in [0.15, 0.2) is 0 Å². The van der Waals surface area contributed by atoms with Crippen molar-refractivity contribution >= 4 is 22.9 Å². The molecule has 0 saturated carbocycles. The Morgan fingerprint density at radius 2 is 2.00 bits per heavy atom. The summed E-state index contributed by atoms with van der Waals surface area (Å²) in [6, 6.07) is 6.58. The van der Waals surface area contributed by atoms with E-state index >= 15 is 0 Å². The van der Waals surface area contributed by atoms with Crippen LogP contribution in [0, 0.1) is 11.8 Å². The number of hydrogen-bond acceptors (Lipinski definition) is 4. The first-order valence-corrected chi connectivity index (χ1v) is 9.71. The van der Waals surface area contributed by atoms with E-state index in [1.54, 1.807) is 13.1 Å². The SMILES string of the molecule is CNc1cc(C#Cc2ccc(C(F)(F)F)cc2)sc1C(=O)NC1CCCNC1. The lowest BCUT2D eigenvalue weighted by atomic mass is 10.1. The third kappa shape index (κ3) is 5.06. The first kappa shape index (κ1) is 20.2. The molecule has 3 N–H and O–H groups in total. The second kappa shape index (κ2) is 8.67. The van der Waals surface area contributed by atoms with Gasteiger partial charge in [-0.3, -0.25) is 4.79 Å². The number of benzene rings is 1. The fourth-order valence-corrected chi connectivity index (χ4v) is 3.83. The largest absolute Gasteiger partial charge is 0.416 e. The van der Waals surface area contributed by atoms with Crippen LogP contribution >= 0.6 is 11.3 Å². The van der Waals surface area contributed by atoms with Crippen molar-refractivity contribution in [2.24, 2.45) is 0 Å². The number of anilines is 1. The Labute approximate surface area is 165 Å². The number of carbonyl (C=O) groups excluding carboxylic acids is 1. The average Bonchev–Trinajstić information content (AvgIpc) is 3.10. The molecular formula is C20H20F3N3OS. The molecule has 0 aliphatic carbocycles. The molecule has 1 atom stereocenters. The van der Waals surface area contributed by atoms with Crippen molar-refractivity contribution in [3.63, 3.8) is 0 Å². The summed E-state index contributed by atoms with van der Waals surface area (Å²) in [5.74, 6) is 5.63. The maximum Gasteiger partial charge on any atom is 0.416 e. The summed E-state index contributed by atoms with van der Waals surface area (Å²) in [6.45, 7) is 1.73. The van der Waals surface area contributed by atoms with Gasteiger partial charge in [-0.05, 0) is 49.7 Å². The molecule has 1 aliphatic rings. The van der Waals surface area contributed by atoms with Gasteiger partial charge in [0.05, 0.1) is 16.1 Å². The van der Waals surface area contributed by atoms with E-state index in [1.165, 1.54) is 23.5 Å². The van der Waals surface area contributed by atoms with E-state index in [2.05, 4.69) is 27.8 Å². The lowest BCUT2D eigenvalue weighted by molar-refractivity contribution is -0.137. The fourth-order valence-electron chi connectivity index (χ4n) is 2.91. The first-order valence-electron chi connectivity index (χ1n) is 8.89. The summed E-state index contributed by atoms with van der Waals surface area (Å²) in [5.41, 5.74) is 0.456. The quantitative estimate of drug-likeness (QED) is 0.681. The zero-order valence-corrected chi connectivity index (χ0v) is 16.1. The van der Waals surface area contributed by atoms with E-state index in [0.717, 1.165) is 38.1 Å². The third-order valence-electron chi connectivity index (χ3n) is 4.38. The number of carbonyl (C=O) groups is 1. The predicted octanol–water partition coefficient (Wildman–Crippen LogP) is 3.69. The molecule has 1 aromatic carbocycles. The number of piperidine rings is 1. The van der Waals surface area contributed by atoms with E-state index in [1.807, 2.05) is 0 Å². The Morgan fingerprint density at radius 1 is 1.25 bits per heavy atom. The molecule has 0 spiro atoms. The number of nitrogens with one attached hydrogen (secondary N) is 3. The molecule has 1 aromatic heterocycles. The molecule has 8 heteroatoms. The van der Waals surface area contributed by atoms with Gasteiger partial charge in [0.1, 0.15) is 4.88 Å². The molecule has 0 radical (unpaired) electrons. The predicted molar refractivity (Wildman–Crippen MR) is 105 cm³/mol. The molecule has 1 aliphatic heterocycles. The van der Waals surface area contributed by atoms with Crippen LogP contribution in [0.2, 0.25) is 0 Å². The third-order valence-corrected chi connectivity index (χ3v) is 5.43. The van der Waals surface area contributed by atoms with Crippen LogP contribution in [0.4, 0.5) is 18.9 Å². The second-order valence-electron chi connectivity index (χ2n) is 6.45. The maximum atomic E-state index is 12.6. The summed E-state index contributed by atoms with van der Waals surface area (Å²) in [6.07, 6.45) is -2.39. The lowest BCUT2D eigenvalue weighted by Gasteiger charge is -2.23. The molecule has 148 valence electrons. The van der Waals surface area contributed by atoms with E-state index in [0.29, 0.717) is 21.0 Å². The molecule has 2 aromatic rings. The number of hydrogen-bond donors (Lipinski definition) is 3. The smallest absolute Gasteiger partial charge is 0.387 e. The summed E-state index contributed by atoms with van der Waals surface area (Å²) in [7, 11) is 1.73. The van der Waals surface area contributed by atoms with Crippen LogP contribution in [0.25, 0.3) is 0 Å². The summed E-state index contributed by atoms with van der Waals surface area (Å²) >= 11 is 1.26. The maximum absolute atomic E-state index is 12.6. The highest BCUT2D eigenvalue weighted by molar-refractivity contribution is 7.15. The van der Waals surface area contributed by atoms with Gasteiger partial charge in [-0.15, -0.1) is 11.3 Å². The molecule has 0 bridgehead atoms. The average molecular weight is 407 g/mol. The molecule has 1 saturated heterocycles. The summed E-state index contributed by atoms with van der Waals surface area (Å²) in [4.78, 5) is 13.8. The van der Waals surface area contributed by atoms with Crippen molar-refractivity contribution in [1.82, 2.24) is 10.6 Å². The van der Waals surface area contributed by atoms with Gasteiger partial charge in [0.2, 0.25) is 0 Å². The molecule has 4 nitrogen and oxygen atoms in total. The molecule has 3 rings (SSSR count). The Kier molecular flexibility index (Phi) is 6.27. The number of rotatable bonds is 3. The van der Waals surface area contributed by atoms with Crippen LogP contribution in [0.5, 0.6) is 0 Å². The monoisotopic (exact) mass is 407 g/mol.